The van der Waals surface area contributed by atoms with Crippen molar-refractivity contribution in [1.82, 2.24) is 20.7 Å². The summed E-state index contributed by atoms with van der Waals surface area (Å²) in [7, 11) is 2.52. The summed E-state index contributed by atoms with van der Waals surface area (Å²) in [6.07, 6.45) is -4.69. The molecule has 0 atom stereocenters. The molecule has 0 unspecified atom stereocenters. The third kappa shape index (κ3) is 4.20. The third-order valence-electron chi connectivity index (χ3n) is 2.82. The Morgan fingerprint density at radius 1 is 1.25 bits per heavy atom. The summed E-state index contributed by atoms with van der Waals surface area (Å²) in [5.41, 5.74) is 1.04. The number of carbonyl (C=O) groups is 1. The van der Waals surface area contributed by atoms with Crippen LogP contribution in [0, 0.1) is 0 Å². The van der Waals surface area contributed by atoms with Crippen molar-refractivity contribution in [3.05, 3.63) is 35.7 Å². The maximum absolute atomic E-state index is 12.4. The second kappa shape index (κ2) is 7.27. The Morgan fingerprint density at radius 3 is 2.38 bits per heavy atom. The minimum atomic E-state index is -4.69. The van der Waals surface area contributed by atoms with E-state index in [-0.39, 0.29) is 12.4 Å². The topological polar surface area (TPSA) is 89.7 Å². The number of amides is 2. The lowest BCUT2D eigenvalue weighted by Crippen LogP contribution is -2.38. The number of carbonyl (C=O) groups excluding carboxylic acids is 1. The van der Waals surface area contributed by atoms with Crippen molar-refractivity contribution in [2.45, 2.75) is 12.7 Å². The van der Waals surface area contributed by atoms with E-state index in [1.54, 1.807) is 12.1 Å². The quantitative estimate of drug-likeness (QED) is 0.836. The van der Waals surface area contributed by atoms with Crippen molar-refractivity contribution < 1.29 is 32.2 Å². The second-order valence-corrected chi connectivity index (χ2v) is 4.40. The summed E-state index contributed by atoms with van der Waals surface area (Å²) in [4.78, 5) is 24.2. The highest BCUT2D eigenvalue weighted by molar-refractivity contribution is 5.71. The van der Waals surface area contributed by atoms with Crippen LogP contribution in [0.2, 0.25) is 0 Å². The van der Waals surface area contributed by atoms with Crippen LogP contribution >= 0.6 is 0 Å². The molecule has 0 radical (unpaired) electrons. The normalized spacial score (nSPS) is 11.4. The second-order valence-electron chi connectivity index (χ2n) is 4.40. The molecule has 0 saturated carbocycles. The molecular weight excluding hydrogens is 333 g/mol. The SMILES string of the molecule is CON(OC)C(=O)NCc1ccc(-c2noc(C(F)(F)F)n2)cc1. The molecular formula is C13H13F3N4O4. The first-order valence-corrected chi connectivity index (χ1v) is 6.51. The fourth-order valence-corrected chi connectivity index (χ4v) is 1.71. The van der Waals surface area contributed by atoms with Gasteiger partial charge in [-0.15, -0.1) is 0 Å². The number of nitrogens with zero attached hydrogens (tertiary/aromatic N) is 3. The highest BCUT2D eigenvalue weighted by atomic mass is 19.4. The highest BCUT2D eigenvalue weighted by Crippen LogP contribution is 2.29. The summed E-state index contributed by atoms with van der Waals surface area (Å²) in [5, 5.41) is 6.45. The molecule has 0 spiro atoms. The van der Waals surface area contributed by atoms with Crippen molar-refractivity contribution in [3.8, 4) is 11.4 Å². The van der Waals surface area contributed by atoms with E-state index in [1.807, 2.05) is 0 Å². The van der Waals surface area contributed by atoms with Gasteiger partial charge in [0.25, 0.3) is 0 Å². The van der Waals surface area contributed by atoms with Crippen LogP contribution < -0.4 is 5.32 Å². The van der Waals surface area contributed by atoms with Gasteiger partial charge in [0.2, 0.25) is 5.82 Å². The zero-order valence-electron chi connectivity index (χ0n) is 12.6. The van der Waals surface area contributed by atoms with Gasteiger partial charge in [0, 0.05) is 12.1 Å². The van der Waals surface area contributed by atoms with Gasteiger partial charge in [0.15, 0.2) is 0 Å². The van der Waals surface area contributed by atoms with Gasteiger partial charge < -0.3 is 9.84 Å². The standard InChI is InChI=1S/C13H13F3N4O4/c1-22-20(23-2)12(21)17-7-8-3-5-9(6-4-8)10-18-11(24-19-10)13(14,15)16/h3-6H,7H2,1-2H3,(H,17,21). The predicted molar refractivity (Wildman–Crippen MR) is 72.8 cm³/mol. The molecule has 1 heterocycles. The first-order chi connectivity index (χ1) is 11.3. The van der Waals surface area contributed by atoms with E-state index in [2.05, 4.69) is 29.7 Å². The number of benzene rings is 1. The van der Waals surface area contributed by atoms with Crippen LogP contribution in [0.15, 0.2) is 28.8 Å². The monoisotopic (exact) mass is 346 g/mol. The Hall–Kier alpha value is -2.66. The molecule has 11 heteroatoms. The van der Waals surface area contributed by atoms with Crippen LogP contribution in [-0.4, -0.2) is 35.6 Å². The number of hydroxylamine groups is 2. The van der Waals surface area contributed by atoms with Gasteiger partial charge in [0.05, 0.1) is 14.2 Å². The van der Waals surface area contributed by atoms with Crippen LogP contribution in [0.1, 0.15) is 11.5 Å². The van der Waals surface area contributed by atoms with Gasteiger partial charge in [-0.3, -0.25) is 0 Å². The van der Waals surface area contributed by atoms with Crippen LogP contribution in [0.25, 0.3) is 11.4 Å². The van der Waals surface area contributed by atoms with Crippen molar-refractivity contribution >= 4 is 6.03 Å². The van der Waals surface area contributed by atoms with Crippen LogP contribution in [0.4, 0.5) is 18.0 Å². The molecule has 1 aromatic heterocycles. The molecule has 0 bridgehead atoms. The Balaban J connectivity index is 2.01. The summed E-state index contributed by atoms with van der Waals surface area (Å²) >= 11 is 0. The molecule has 24 heavy (non-hydrogen) atoms. The van der Waals surface area contributed by atoms with Gasteiger partial charge in [-0.25, -0.2) is 14.5 Å². The first kappa shape index (κ1) is 17.7. The number of urea groups is 1. The van der Waals surface area contributed by atoms with Crippen molar-refractivity contribution in [2.75, 3.05) is 14.2 Å². The smallest absolute Gasteiger partial charge is 0.330 e. The molecule has 2 aromatic rings. The number of nitrogens with one attached hydrogen (secondary N) is 1. The minimum Gasteiger partial charge on any atom is -0.330 e. The Labute approximate surface area is 134 Å². The summed E-state index contributed by atoms with van der Waals surface area (Å²) in [6, 6.07) is 5.61. The number of hydrogen-bond donors (Lipinski definition) is 1. The van der Waals surface area contributed by atoms with Crippen LogP contribution in [-0.2, 0) is 22.4 Å². The molecule has 2 amide bonds. The number of hydrogen-bond acceptors (Lipinski definition) is 6. The third-order valence-corrected chi connectivity index (χ3v) is 2.82. The zero-order chi connectivity index (χ0) is 17.7. The number of rotatable bonds is 5. The molecule has 0 aliphatic carbocycles. The number of halogens is 3. The van der Waals surface area contributed by atoms with Gasteiger partial charge in [0.1, 0.15) is 0 Å². The lowest BCUT2D eigenvalue weighted by atomic mass is 10.1. The molecule has 130 valence electrons. The van der Waals surface area contributed by atoms with Crippen LogP contribution in [0.5, 0.6) is 0 Å². The average molecular weight is 346 g/mol. The van der Waals surface area contributed by atoms with Gasteiger partial charge in [-0.1, -0.05) is 34.6 Å². The largest absolute Gasteiger partial charge is 0.471 e. The Kier molecular flexibility index (Phi) is 5.36. The summed E-state index contributed by atoms with van der Waals surface area (Å²) in [6.45, 7) is 0.155. The zero-order valence-corrected chi connectivity index (χ0v) is 12.6. The minimum absolute atomic E-state index is 0.155. The maximum Gasteiger partial charge on any atom is 0.471 e. The van der Waals surface area contributed by atoms with Gasteiger partial charge >= 0.3 is 18.1 Å². The van der Waals surface area contributed by atoms with Gasteiger partial charge in [-0.05, 0) is 5.56 Å². The number of aromatic nitrogens is 2. The molecule has 0 aliphatic rings. The van der Waals surface area contributed by atoms with Crippen molar-refractivity contribution in [3.63, 3.8) is 0 Å². The van der Waals surface area contributed by atoms with E-state index in [4.69, 9.17) is 0 Å². The van der Waals surface area contributed by atoms with E-state index in [1.165, 1.54) is 26.4 Å². The fourth-order valence-electron chi connectivity index (χ4n) is 1.71. The molecule has 0 saturated heterocycles. The lowest BCUT2D eigenvalue weighted by molar-refractivity contribution is -0.298. The molecule has 2 rings (SSSR count). The molecule has 0 fully saturated rings. The Morgan fingerprint density at radius 2 is 1.88 bits per heavy atom. The van der Waals surface area contributed by atoms with E-state index in [0.29, 0.717) is 16.4 Å². The maximum atomic E-state index is 12.4. The van der Waals surface area contributed by atoms with E-state index in [0.717, 1.165) is 0 Å². The molecule has 1 N–H and O–H groups in total. The Bertz CT molecular complexity index is 683. The summed E-state index contributed by atoms with van der Waals surface area (Å²) in [5.74, 6) is -1.59. The average Bonchev–Trinajstić information content (AvgIpc) is 3.05. The van der Waals surface area contributed by atoms with E-state index in [9.17, 15) is 18.0 Å². The predicted octanol–water partition coefficient (Wildman–Crippen LogP) is 2.39. The highest BCUT2D eigenvalue weighted by Gasteiger charge is 2.38. The fraction of sp³-hybridized carbons (Fsp3) is 0.308. The van der Waals surface area contributed by atoms with Crippen molar-refractivity contribution in [1.29, 1.82) is 0 Å². The van der Waals surface area contributed by atoms with Gasteiger partial charge in [-0.2, -0.15) is 18.2 Å². The molecule has 0 aliphatic heterocycles. The lowest BCUT2D eigenvalue weighted by Gasteiger charge is -2.16. The molecule has 8 nitrogen and oxygen atoms in total. The molecule has 1 aromatic carbocycles. The first-order valence-electron chi connectivity index (χ1n) is 6.51. The van der Waals surface area contributed by atoms with Crippen molar-refractivity contribution in [2.24, 2.45) is 0 Å². The number of alkyl halides is 3. The van der Waals surface area contributed by atoms with E-state index >= 15 is 0 Å². The van der Waals surface area contributed by atoms with E-state index < -0.39 is 18.1 Å². The summed E-state index contributed by atoms with van der Waals surface area (Å²) < 4.78 is 41.4. The van der Waals surface area contributed by atoms with Crippen LogP contribution in [0.3, 0.4) is 0 Å².